The van der Waals surface area contributed by atoms with Gasteiger partial charge in [-0.1, -0.05) is 6.07 Å². The molecule has 0 aliphatic carbocycles. The third kappa shape index (κ3) is 4.13. The molecule has 0 radical (unpaired) electrons. The zero-order valence-corrected chi connectivity index (χ0v) is 14.3. The summed E-state index contributed by atoms with van der Waals surface area (Å²) in [6, 6.07) is 3.09. The van der Waals surface area contributed by atoms with E-state index in [2.05, 4.69) is 4.74 Å². The summed E-state index contributed by atoms with van der Waals surface area (Å²) < 4.78 is 20.0. The Hall–Kier alpha value is -2.83. The Morgan fingerprint density at radius 2 is 1.75 bits per heavy atom. The summed E-state index contributed by atoms with van der Waals surface area (Å²) in [5, 5.41) is 0. The third-order valence-electron chi connectivity index (χ3n) is 3.14. The lowest BCUT2D eigenvalue weighted by Crippen LogP contribution is -2.13. The standard InChI is InChI=1S/C17H20O7/c1-6-24-17(20)14-11(7-8-13(21-3)15(14)22-4)9-12(10(2)18)16(19)23-5/h7-9H,6H2,1-5H3. The average Bonchev–Trinajstić information content (AvgIpc) is 2.57. The van der Waals surface area contributed by atoms with E-state index in [1.165, 1.54) is 40.4 Å². The van der Waals surface area contributed by atoms with Crippen LogP contribution in [-0.2, 0) is 19.1 Å². The molecule has 7 heteroatoms. The molecule has 0 atom stereocenters. The summed E-state index contributed by atoms with van der Waals surface area (Å²) in [7, 11) is 3.97. The molecule has 0 amide bonds. The number of hydrogen-bond donors (Lipinski definition) is 0. The van der Waals surface area contributed by atoms with E-state index in [4.69, 9.17) is 14.2 Å². The van der Waals surface area contributed by atoms with Crippen molar-refractivity contribution in [3.63, 3.8) is 0 Å². The first kappa shape index (κ1) is 19.2. The van der Waals surface area contributed by atoms with Gasteiger partial charge in [0, 0.05) is 0 Å². The molecule has 1 aromatic rings. The number of esters is 2. The SMILES string of the molecule is CCOC(=O)c1c(C=C(C(C)=O)C(=O)OC)ccc(OC)c1OC. The maximum atomic E-state index is 12.3. The van der Waals surface area contributed by atoms with Crippen LogP contribution in [0.3, 0.4) is 0 Å². The number of ketones is 1. The normalized spacial score (nSPS) is 10.8. The molecule has 0 unspecified atom stereocenters. The second kappa shape index (κ2) is 8.71. The van der Waals surface area contributed by atoms with Crippen LogP contribution in [0.4, 0.5) is 0 Å². The van der Waals surface area contributed by atoms with Gasteiger partial charge in [-0.05, 0) is 31.6 Å². The predicted octanol–water partition coefficient (Wildman–Crippen LogP) is 2.03. The number of methoxy groups -OCH3 is 3. The predicted molar refractivity (Wildman–Crippen MR) is 86.2 cm³/mol. The zero-order valence-electron chi connectivity index (χ0n) is 14.3. The first-order valence-corrected chi connectivity index (χ1v) is 7.14. The van der Waals surface area contributed by atoms with E-state index in [0.29, 0.717) is 5.75 Å². The molecular weight excluding hydrogens is 316 g/mol. The van der Waals surface area contributed by atoms with Crippen molar-refractivity contribution < 1.29 is 33.3 Å². The van der Waals surface area contributed by atoms with Crippen LogP contribution in [0.15, 0.2) is 17.7 Å². The quantitative estimate of drug-likeness (QED) is 0.326. The van der Waals surface area contributed by atoms with Crippen LogP contribution in [0.5, 0.6) is 11.5 Å². The molecule has 0 aromatic heterocycles. The lowest BCUT2D eigenvalue weighted by Gasteiger charge is -2.15. The Morgan fingerprint density at radius 1 is 1.08 bits per heavy atom. The average molecular weight is 336 g/mol. The van der Waals surface area contributed by atoms with Gasteiger partial charge in [0.15, 0.2) is 17.3 Å². The van der Waals surface area contributed by atoms with Gasteiger partial charge in [0.05, 0.1) is 27.9 Å². The monoisotopic (exact) mass is 336 g/mol. The minimum atomic E-state index is -0.799. The fourth-order valence-corrected chi connectivity index (χ4v) is 2.05. The second-order valence-corrected chi connectivity index (χ2v) is 4.59. The Kier molecular flexibility index (Phi) is 6.98. The van der Waals surface area contributed by atoms with Crippen molar-refractivity contribution in [1.82, 2.24) is 0 Å². The van der Waals surface area contributed by atoms with Crippen LogP contribution in [0.2, 0.25) is 0 Å². The summed E-state index contributed by atoms with van der Waals surface area (Å²) in [4.78, 5) is 35.8. The van der Waals surface area contributed by atoms with Gasteiger partial charge in [0.25, 0.3) is 0 Å². The van der Waals surface area contributed by atoms with E-state index in [1.54, 1.807) is 13.0 Å². The molecule has 0 aliphatic heterocycles. The van der Waals surface area contributed by atoms with Gasteiger partial charge in [-0.2, -0.15) is 0 Å². The second-order valence-electron chi connectivity index (χ2n) is 4.59. The van der Waals surface area contributed by atoms with E-state index in [1.807, 2.05) is 0 Å². The highest BCUT2D eigenvalue weighted by Crippen LogP contribution is 2.35. The van der Waals surface area contributed by atoms with Crippen molar-refractivity contribution in [3.05, 3.63) is 28.8 Å². The largest absolute Gasteiger partial charge is 0.493 e. The summed E-state index contributed by atoms with van der Waals surface area (Å²) in [6.07, 6.45) is 1.27. The van der Waals surface area contributed by atoms with Gasteiger partial charge >= 0.3 is 11.9 Å². The maximum Gasteiger partial charge on any atom is 0.342 e. The van der Waals surface area contributed by atoms with Gasteiger partial charge in [-0.3, -0.25) is 4.79 Å². The highest BCUT2D eigenvalue weighted by atomic mass is 16.5. The minimum Gasteiger partial charge on any atom is -0.493 e. The maximum absolute atomic E-state index is 12.3. The Labute approximate surface area is 140 Å². The first-order chi connectivity index (χ1) is 11.4. The fraction of sp³-hybridized carbons (Fsp3) is 0.353. The van der Waals surface area contributed by atoms with E-state index in [9.17, 15) is 14.4 Å². The van der Waals surface area contributed by atoms with E-state index < -0.39 is 17.7 Å². The molecule has 130 valence electrons. The first-order valence-electron chi connectivity index (χ1n) is 7.14. The van der Waals surface area contributed by atoms with Gasteiger partial charge in [-0.25, -0.2) is 9.59 Å². The van der Waals surface area contributed by atoms with Crippen LogP contribution in [0, 0.1) is 0 Å². The lowest BCUT2D eigenvalue weighted by atomic mass is 10.0. The number of rotatable bonds is 7. The Morgan fingerprint density at radius 3 is 2.21 bits per heavy atom. The van der Waals surface area contributed by atoms with Crippen LogP contribution in [0.25, 0.3) is 6.08 Å². The minimum absolute atomic E-state index is 0.0568. The molecule has 7 nitrogen and oxygen atoms in total. The number of ether oxygens (including phenoxy) is 4. The van der Waals surface area contributed by atoms with Crippen LogP contribution in [-0.4, -0.2) is 45.7 Å². The van der Waals surface area contributed by atoms with Crippen molar-refractivity contribution in [2.45, 2.75) is 13.8 Å². The van der Waals surface area contributed by atoms with E-state index in [-0.39, 0.29) is 29.1 Å². The zero-order chi connectivity index (χ0) is 18.3. The molecule has 0 saturated carbocycles. The third-order valence-corrected chi connectivity index (χ3v) is 3.14. The Bertz CT molecular complexity index is 674. The van der Waals surface area contributed by atoms with Crippen molar-refractivity contribution >= 4 is 23.8 Å². The molecule has 24 heavy (non-hydrogen) atoms. The van der Waals surface area contributed by atoms with E-state index in [0.717, 1.165) is 0 Å². The van der Waals surface area contributed by atoms with Crippen LogP contribution < -0.4 is 9.47 Å². The molecule has 0 N–H and O–H groups in total. The highest BCUT2D eigenvalue weighted by Gasteiger charge is 2.24. The highest BCUT2D eigenvalue weighted by molar-refractivity contribution is 6.20. The number of benzene rings is 1. The van der Waals surface area contributed by atoms with Gasteiger partial charge in [0.1, 0.15) is 11.1 Å². The molecule has 0 saturated heterocycles. The Balaban J connectivity index is 3.65. The molecule has 0 fully saturated rings. The number of carbonyl (C=O) groups is 3. The summed E-state index contributed by atoms with van der Waals surface area (Å²) in [6.45, 7) is 3.04. The van der Waals surface area contributed by atoms with Crippen LogP contribution in [0.1, 0.15) is 29.8 Å². The summed E-state index contributed by atoms with van der Waals surface area (Å²) >= 11 is 0. The van der Waals surface area contributed by atoms with Crippen molar-refractivity contribution in [2.24, 2.45) is 0 Å². The molecule has 1 rings (SSSR count). The number of Topliss-reactive ketones (excluding diaryl/α,β-unsaturated/α-hetero) is 1. The molecule has 1 aromatic carbocycles. The van der Waals surface area contributed by atoms with Gasteiger partial charge in [0.2, 0.25) is 0 Å². The van der Waals surface area contributed by atoms with E-state index >= 15 is 0 Å². The number of carbonyl (C=O) groups excluding carboxylic acids is 3. The molecule has 0 aliphatic rings. The lowest BCUT2D eigenvalue weighted by molar-refractivity contribution is -0.137. The van der Waals surface area contributed by atoms with Gasteiger partial charge in [-0.15, -0.1) is 0 Å². The molecule has 0 spiro atoms. The van der Waals surface area contributed by atoms with Crippen LogP contribution >= 0.6 is 0 Å². The summed E-state index contributed by atoms with van der Waals surface area (Å²) in [5.74, 6) is -1.48. The topological polar surface area (TPSA) is 88.1 Å². The van der Waals surface area contributed by atoms with Crippen molar-refractivity contribution in [3.8, 4) is 11.5 Å². The van der Waals surface area contributed by atoms with Crippen molar-refractivity contribution in [1.29, 1.82) is 0 Å². The molecular formula is C17H20O7. The molecule has 0 bridgehead atoms. The molecule has 0 heterocycles. The summed E-state index contributed by atoms with van der Waals surface area (Å²) in [5.41, 5.74) is 0.137. The smallest absolute Gasteiger partial charge is 0.342 e. The van der Waals surface area contributed by atoms with Crippen molar-refractivity contribution in [2.75, 3.05) is 27.9 Å². The number of hydrogen-bond acceptors (Lipinski definition) is 7. The van der Waals surface area contributed by atoms with Gasteiger partial charge < -0.3 is 18.9 Å². The fourth-order valence-electron chi connectivity index (χ4n) is 2.05.